The van der Waals surface area contributed by atoms with E-state index in [1.807, 2.05) is 37.7 Å². The number of likely N-dealkylation sites (N-methyl/N-ethyl adjacent to an activating group) is 1. The van der Waals surface area contributed by atoms with Crippen LogP contribution < -0.4 is 5.32 Å². The predicted octanol–water partition coefficient (Wildman–Crippen LogP) is 2.35. The molecule has 4 nitrogen and oxygen atoms in total. The number of Topliss-reactive ketones (excluding diaryl/α,β-unsaturated/α-hetero) is 1. The summed E-state index contributed by atoms with van der Waals surface area (Å²) >= 11 is 0. The fraction of sp³-hybridized carbons (Fsp3) is 0.714. The lowest BCUT2D eigenvalue weighted by Gasteiger charge is -2.23. The van der Waals surface area contributed by atoms with Crippen LogP contribution in [-0.2, 0) is 11.2 Å². The van der Waals surface area contributed by atoms with E-state index in [1.54, 1.807) is 0 Å². The maximum absolute atomic E-state index is 12.2. The molecule has 4 heteroatoms. The van der Waals surface area contributed by atoms with Crippen LogP contribution in [0.3, 0.4) is 0 Å². The maximum atomic E-state index is 12.2. The third kappa shape index (κ3) is 3.67. The van der Waals surface area contributed by atoms with Crippen LogP contribution in [0.4, 0.5) is 0 Å². The molecular weight excluding hydrogens is 226 g/mol. The Morgan fingerprint density at radius 2 is 2.17 bits per heavy atom. The van der Waals surface area contributed by atoms with Crippen LogP contribution in [0, 0.1) is 0 Å². The number of rotatable bonds is 7. The molecule has 1 unspecified atom stereocenters. The first kappa shape index (κ1) is 14.9. The van der Waals surface area contributed by atoms with E-state index < -0.39 is 5.54 Å². The third-order valence-corrected chi connectivity index (χ3v) is 3.36. The summed E-state index contributed by atoms with van der Waals surface area (Å²) in [4.78, 5) is 12.2. The molecule has 0 amide bonds. The van der Waals surface area contributed by atoms with E-state index in [1.165, 1.54) is 0 Å². The minimum Gasteiger partial charge on any atom is -0.306 e. The predicted molar refractivity (Wildman–Crippen MR) is 73.7 cm³/mol. The average molecular weight is 251 g/mol. The minimum atomic E-state index is -0.477. The SMILES string of the molecule is CCNC(C)(C)C(=O)Cc1ccn(C(C)CC)n1. The Morgan fingerprint density at radius 1 is 1.50 bits per heavy atom. The van der Waals surface area contributed by atoms with Gasteiger partial charge in [0.25, 0.3) is 0 Å². The van der Waals surface area contributed by atoms with Gasteiger partial charge in [-0.15, -0.1) is 0 Å². The van der Waals surface area contributed by atoms with Crippen molar-refractivity contribution in [2.45, 2.75) is 59.0 Å². The van der Waals surface area contributed by atoms with Gasteiger partial charge in [-0.05, 0) is 39.8 Å². The summed E-state index contributed by atoms with van der Waals surface area (Å²) in [6, 6.07) is 2.32. The van der Waals surface area contributed by atoms with Gasteiger partial charge < -0.3 is 5.32 Å². The second-order valence-corrected chi connectivity index (χ2v) is 5.30. The van der Waals surface area contributed by atoms with Crippen LogP contribution in [0.5, 0.6) is 0 Å². The molecule has 0 saturated heterocycles. The van der Waals surface area contributed by atoms with Crippen LogP contribution in [-0.4, -0.2) is 27.6 Å². The van der Waals surface area contributed by atoms with Crippen molar-refractivity contribution in [3.05, 3.63) is 18.0 Å². The number of nitrogens with zero attached hydrogens (tertiary/aromatic N) is 2. The Hall–Kier alpha value is -1.16. The first-order valence-electron chi connectivity index (χ1n) is 6.73. The second-order valence-electron chi connectivity index (χ2n) is 5.30. The molecule has 0 aliphatic heterocycles. The van der Waals surface area contributed by atoms with Gasteiger partial charge in [0, 0.05) is 12.2 Å². The summed E-state index contributed by atoms with van der Waals surface area (Å²) in [5, 5.41) is 7.66. The lowest BCUT2D eigenvalue weighted by Crippen LogP contribution is -2.47. The highest BCUT2D eigenvalue weighted by Gasteiger charge is 2.26. The van der Waals surface area contributed by atoms with E-state index in [2.05, 4.69) is 24.3 Å². The molecular formula is C14H25N3O. The highest BCUT2D eigenvalue weighted by molar-refractivity contribution is 5.89. The molecule has 0 saturated carbocycles. The Labute approximate surface area is 110 Å². The van der Waals surface area contributed by atoms with E-state index in [-0.39, 0.29) is 5.78 Å². The number of carbonyl (C=O) groups excluding carboxylic acids is 1. The Kier molecular flexibility index (Phi) is 5.08. The van der Waals surface area contributed by atoms with Crippen LogP contribution in [0.25, 0.3) is 0 Å². The summed E-state index contributed by atoms with van der Waals surface area (Å²) in [6.07, 6.45) is 3.39. The van der Waals surface area contributed by atoms with Gasteiger partial charge in [0.1, 0.15) is 0 Å². The summed E-state index contributed by atoms with van der Waals surface area (Å²) in [7, 11) is 0. The highest BCUT2D eigenvalue weighted by Crippen LogP contribution is 2.12. The monoisotopic (exact) mass is 251 g/mol. The molecule has 18 heavy (non-hydrogen) atoms. The molecule has 0 bridgehead atoms. The normalized spacial score (nSPS) is 13.6. The summed E-state index contributed by atoms with van der Waals surface area (Å²) in [5.74, 6) is 0.179. The summed E-state index contributed by atoms with van der Waals surface area (Å²) in [6.45, 7) is 10.9. The molecule has 0 aromatic carbocycles. The molecule has 0 aliphatic carbocycles. The molecule has 0 spiro atoms. The molecule has 1 N–H and O–H groups in total. The molecule has 0 aliphatic rings. The zero-order chi connectivity index (χ0) is 13.8. The number of ketones is 1. The first-order chi connectivity index (χ1) is 8.40. The fourth-order valence-corrected chi connectivity index (χ4v) is 1.83. The van der Waals surface area contributed by atoms with E-state index in [9.17, 15) is 4.79 Å². The van der Waals surface area contributed by atoms with E-state index in [4.69, 9.17) is 0 Å². The first-order valence-corrected chi connectivity index (χ1v) is 6.73. The van der Waals surface area contributed by atoms with Crippen molar-refractivity contribution >= 4 is 5.78 Å². The van der Waals surface area contributed by atoms with Gasteiger partial charge in [-0.1, -0.05) is 13.8 Å². The smallest absolute Gasteiger partial charge is 0.158 e. The molecule has 102 valence electrons. The lowest BCUT2D eigenvalue weighted by molar-refractivity contribution is -0.123. The van der Waals surface area contributed by atoms with Gasteiger partial charge in [0.2, 0.25) is 0 Å². The molecule has 1 aromatic rings. The van der Waals surface area contributed by atoms with Crippen molar-refractivity contribution < 1.29 is 4.79 Å². The molecule has 1 aromatic heterocycles. The van der Waals surface area contributed by atoms with Crippen LogP contribution in [0.2, 0.25) is 0 Å². The second kappa shape index (κ2) is 6.14. The van der Waals surface area contributed by atoms with Crippen molar-refractivity contribution in [3.8, 4) is 0 Å². The summed E-state index contributed by atoms with van der Waals surface area (Å²) in [5.41, 5.74) is 0.376. The largest absolute Gasteiger partial charge is 0.306 e. The third-order valence-electron chi connectivity index (χ3n) is 3.36. The van der Waals surface area contributed by atoms with Gasteiger partial charge in [0.05, 0.1) is 17.7 Å². The number of aromatic nitrogens is 2. The van der Waals surface area contributed by atoms with Crippen LogP contribution >= 0.6 is 0 Å². The molecule has 1 atom stereocenters. The van der Waals surface area contributed by atoms with Gasteiger partial charge in [-0.25, -0.2) is 0 Å². The molecule has 1 heterocycles. The molecule has 0 fully saturated rings. The number of hydrogen-bond donors (Lipinski definition) is 1. The molecule has 1 rings (SSSR count). The van der Waals surface area contributed by atoms with Crippen molar-refractivity contribution in [1.29, 1.82) is 0 Å². The maximum Gasteiger partial charge on any atom is 0.158 e. The number of nitrogens with one attached hydrogen (secondary N) is 1. The Morgan fingerprint density at radius 3 is 2.72 bits per heavy atom. The van der Waals surface area contributed by atoms with Gasteiger partial charge in [0.15, 0.2) is 5.78 Å². The zero-order valence-electron chi connectivity index (χ0n) is 12.2. The average Bonchev–Trinajstić information content (AvgIpc) is 2.76. The van der Waals surface area contributed by atoms with Crippen LogP contribution in [0.15, 0.2) is 12.3 Å². The molecule has 0 radical (unpaired) electrons. The summed E-state index contributed by atoms with van der Waals surface area (Å²) < 4.78 is 1.93. The highest BCUT2D eigenvalue weighted by atomic mass is 16.1. The quantitative estimate of drug-likeness (QED) is 0.809. The standard InChI is InChI=1S/C14H25N3O/c1-6-11(3)17-9-8-12(16-17)10-13(18)14(4,5)15-7-2/h8-9,11,15H,6-7,10H2,1-5H3. The van der Waals surface area contributed by atoms with Crippen molar-refractivity contribution in [1.82, 2.24) is 15.1 Å². The fourth-order valence-electron chi connectivity index (χ4n) is 1.83. The van der Waals surface area contributed by atoms with E-state index in [0.717, 1.165) is 18.7 Å². The number of carbonyl (C=O) groups is 1. The van der Waals surface area contributed by atoms with Crippen molar-refractivity contribution in [2.24, 2.45) is 0 Å². The van der Waals surface area contributed by atoms with Crippen LogP contribution in [0.1, 0.15) is 52.8 Å². The zero-order valence-corrected chi connectivity index (χ0v) is 12.2. The van der Waals surface area contributed by atoms with Gasteiger partial charge >= 0.3 is 0 Å². The van der Waals surface area contributed by atoms with Crippen molar-refractivity contribution in [2.75, 3.05) is 6.54 Å². The Bertz CT molecular complexity index is 395. The van der Waals surface area contributed by atoms with E-state index in [0.29, 0.717) is 12.5 Å². The topological polar surface area (TPSA) is 46.9 Å². The van der Waals surface area contributed by atoms with E-state index >= 15 is 0 Å². The van der Waals surface area contributed by atoms with Gasteiger partial charge in [-0.2, -0.15) is 5.10 Å². The number of hydrogen-bond acceptors (Lipinski definition) is 3. The minimum absolute atomic E-state index is 0.179. The van der Waals surface area contributed by atoms with Crippen molar-refractivity contribution in [3.63, 3.8) is 0 Å². The van der Waals surface area contributed by atoms with Gasteiger partial charge in [-0.3, -0.25) is 9.48 Å². The lowest BCUT2D eigenvalue weighted by atomic mass is 9.95. The Balaban J connectivity index is 2.68.